The fourth-order valence-corrected chi connectivity index (χ4v) is 6.27. The van der Waals surface area contributed by atoms with Gasteiger partial charge < -0.3 is 10.6 Å². The van der Waals surface area contributed by atoms with Crippen LogP contribution in [0.1, 0.15) is 50.4 Å². The minimum absolute atomic E-state index is 0.0477. The lowest BCUT2D eigenvalue weighted by Gasteiger charge is -2.43. The predicted molar refractivity (Wildman–Crippen MR) is 107 cm³/mol. The summed E-state index contributed by atoms with van der Waals surface area (Å²) in [5.74, 6) is 0.420. The lowest BCUT2D eigenvalue weighted by atomic mass is 9.68. The van der Waals surface area contributed by atoms with E-state index in [-0.39, 0.29) is 27.7 Å². The molecule has 27 heavy (non-hydrogen) atoms. The first-order chi connectivity index (χ1) is 12.4. The highest BCUT2D eigenvalue weighted by molar-refractivity contribution is 7.89. The van der Waals surface area contributed by atoms with Gasteiger partial charge in [-0.2, -0.15) is 0 Å². The van der Waals surface area contributed by atoms with Crippen LogP contribution in [0.15, 0.2) is 23.1 Å². The van der Waals surface area contributed by atoms with Crippen LogP contribution in [0.25, 0.3) is 0 Å². The van der Waals surface area contributed by atoms with Gasteiger partial charge in [0.05, 0.1) is 5.69 Å². The topological polar surface area (TPSA) is 78.5 Å². The maximum atomic E-state index is 13.0. The number of benzene rings is 1. The summed E-state index contributed by atoms with van der Waals surface area (Å²) < 4.78 is 26.4. The van der Waals surface area contributed by atoms with Crippen LogP contribution in [-0.2, 0) is 10.0 Å². The van der Waals surface area contributed by atoms with E-state index in [4.69, 9.17) is 0 Å². The Bertz CT molecular complexity index is 858. The Morgan fingerprint density at radius 1 is 1.22 bits per heavy atom. The average Bonchev–Trinajstić information content (AvgIpc) is 3.08. The molecule has 3 rings (SSSR count). The molecular weight excluding hydrogens is 362 g/mol. The molecule has 3 atom stereocenters. The number of hydrogen-bond acceptors (Lipinski definition) is 4. The first-order valence-electron chi connectivity index (χ1n) is 9.48. The summed E-state index contributed by atoms with van der Waals surface area (Å²) in [6.45, 7) is 6.73. The van der Waals surface area contributed by atoms with E-state index < -0.39 is 10.0 Å². The number of anilines is 1. The Labute approximate surface area is 162 Å². The van der Waals surface area contributed by atoms with Crippen LogP contribution in [0.3, 0.4) is 0 Å². The Kier molecular flexibility index (Phi) is 4.84. The minimum Gasteiger partial charge on any atom is -0.387 e. The molecule has 0 aliphatic heterocycles. The van der Waals surface area contributed by atoms with Gasteiger partial charge >= 0.3 is 0 Å². The summed E-state index contributed by atoms with van der Waals surface area (Å²) in [4.78, 5) is 13.1. The van der Waals surface area contributed by atoms with E-state index in [1.165, 1.54) is 26.6 Å². The zero-order valence-corrected chi connectivity index (χ0v) is 17.9. The number of fused-ring (bicyclic) bond motifs is 2. The van der Waals surface area contributed by atoms with Gasteiger partial charge in [0.1, 0.15) is 4.90 Å². The molecular formula is C20H31N3O3S. The number of sulfonamides is 1. The second kappa shape index (κ2) is 6.48. The monoisotopic (exact) mass is 393 g/mol. The zero-order chi connectivity index (χ0) is 20.2. The Morgan fingerprint density at radius 3 is 2.41 bits per heavy atom. The van der Waals surface area contributed by atoms with Gasteiger partial charge in [0.25, 0.3) is 5.91 Å². The van der Waals surface area contributed by atoms with Gasteiger partial charge in [-0.3, -0.25) is 4.79 Å². The second-order valence-electron chi connectivity index (χ2n) is 9.07. The molecule has 150 valence electrons. The van der Waals surface area contributed by atoms with Crippen LogP contribution in [0.4, 0.5) is 5.69 Å². The van der Waals surface area contributed by atoms with Crippen LogP contribution >= 0.6 is 0 Å². The quantitative estimate of drug-likeness (QED) is 0.806. The SMILES string of the molecule is CNc1ccc(C(=O)NC2C(C)(C)[C@H]3CC[C@@]2(C)C3)cc1S(=O)(=O)N(C)C. The van der Waals surface area contributed by atoms with Crippen LogP contribution in [-0.4, -0.2) is 45.8 Å². The fraction of sp³-hybridized carbons (Fsp3) is 0.650. The number of carbonyl (C=O) groups is 1. The van der Waals surface area contributed by atoms with E-state index in [0.29, 0.717) is 17.2 Å². The lowest BCUT2D eigenvalue weighted by molar-refractivity contribution is 0.0737. The van der Waals surface area contributed by atoms with Crippen LogP contribution < -0.4 is 10.6 Å². The van der Waals surface area contributed by atoms with Gasteiger partial charge in [-0.05, 0) is 54.2 Å². The van der Waals surface area contributed by atoms with Gasteiger partial charge in [0, 0.05) is 32.7 Å². The van der Waals surface area contributed by atoms with Crippen LogP contribution in [0, 0.1) is 16.7 Å². The lowest BCUT2D eigenvalue weighted by Crippen LogP contribution is -2.52. The Morgan fingerprint density at radius 2 is 1.89 bits per heavy atom. The van der Waals surface area contributed by atoms with Crippen molar-refractivity contribution in [2.45, 2.75) is 51.0 Å². The molecule has 6 nitrogen and oxygen atoms in total. The molecule has 2 aliphatic rings. The highest BCUT2D eigenvalue weighted by Crippen LogP contribution is 2.62. The number of nitrogens with zero attached hydrogens (tertiary/aromatic N) is 1. The molecule has 0 radical (unpaired) electrons. The third kappa shape index (κ3) is 3.14. The zero-order valence-electron chi connectivity index (χ0n) is 17.1. The summed E-state index contributed by atoms with van der Waals surface area (Å²) in [5, 5.41) is 6.13. The van der Waals surface area contributed by atoms with Gasteiger partial charge in [0.15, 0.2) is 0 Å². The van der Waals surface area contributed by atoms with E-state index >= 15 is 0 Å². The molecule has 1 aromatic carbocycles. The first-order valence-corrected chi connectivity index (χ1v) is 10.9. The van der Waals surface area contributed by atoms with Crippen LogP contribution in [0.5, 0.6) is 0 Å². The predicted octanol–water partition coefficient (Wildman–Crippen LogP) is 2.92. The number of hydrogen-bond donors (Lipinski definition) is 2. The van der Waals surface area contributed by atoms with Crippen molar-refractivity contribution in [1.82, 2.24) is 9.62 Å². The smallest absolute Gasteiger partial charge is 0.251 e. The maximum absolute atomic E-state index is 13.0. The number of rotatable bonds is 5. The van der Waals surface area contributed by atoms with E-state index in [2.05, 4.69) is 31.4 Å². The molecule has 1 amide bonds. The summed E-state index contributed by atoms with van der Waals surface area (Å²) >= 11 is 0. The Hall–Kier alpha value is -1.60. The highest BCUT2D eigenvalue weighted by atomic mass is 32.2. The van der Waals surface area contributed by atoms with Crippen molar-refractivity contribution < 1.29 is 13.2 Å². The molecule has 1 aromatic rings. The molecule has 2 N–H and O–H groups in total. The molecule has 2 aliphatic carbocycles. The van der Waals surface area contributed by atoms with Gasteiger partial charge in [-0.1, -0.05) is 20.8 Å². The molecule has 1 unspecified atom stereocenters. The molecule has 0 aromatic heterocycles. The number of amides is 1. The molecule has 2 saturated carbocycles. The van der Waals surface area contributed by atoms with Crippen molar-refractivity contribution in [2.75, 3.05) is 26.5 Å². The number of nitrogens with one attached hydrogen (secondary N) is 2. The molecule has 2 bridgehead atoms. The molecule has 2 fully saturated rings. The largest absolute Gasteiger partial charge is 0.387 e. The third-order valence-corrected chi connectivity index (χ3v) is 8.67. The van der Waals surface area contributed by atoms with Crippen molar-refractivity contribution in [3.05, 3.63) is 23.8 Å². The minimum atomic E-state index is -3.66. The Balaban J connectivity index is 1.92. The molecule has 7 heteroatoms. The number of carbonyl (C=O) groups excluding carboxylic acids is 1. The van der Waals surface area contributed by atoms with Gasteiger partial charge in [-0.25, -0.2) is 12.7 Å². The summed E-state index contributed by atoms with van der Waals surface area (Å²) in [6, 6.07) is 4.89. The van der Waals surface area contributed by atoms with Crippen LogP contribution in [0.2, 0.25) is 0 Å². The standard InChI is InChI=1S/C20H31N3O3S/c1-19(2)14-9-10-20(3,12-14)18(19)22-17(24)13-7-8-15(21-4)16(11-13)27(25,26)23(5)6/h7-8,11,14,18,21H,9-10,12H2,1-6H3,(H,22,24)/t14-,18?,20-/m0/s1. The maximum Gasteiger partial charge on any atom is 0.251 e. The van der Waals surface area contributed by atoms with Crippen molar-refractivity contribution >= 4 is 21.6 Å². The average molecular weight is 394 g/mol. The third-order valence-electron chi connectivity index (χ3n) is 6.82. The van der Waals surface area contributed by atoms with Crippen molar-refractivity contribution in [3.63, 3.8) is 0 Å². The normalized spacial score (nSPS) is 29.1. The van der Waals surface area contributed by atoms with E-state index in [0.717, 1.165) is 17.1 Å². The van der Waals surface area contributed by atoms with Crippen molar-refractivity contribution in [3.8, 4) is 0 Å². The molecule has 0 saturated heterocycles. The summed E-state index contributed by atoms with van der Waals surface area (Å²) in [7, 11) is 0.986. The van der Waals surface area contributed by atoms with E-state index in [1.807, 2.05) is 0 Å². The summed E-state index contributed by atoms with van der Waals surface area (Å²) in [5.41, 5.74) is 1.02. The van der Waals surface area contributed by atoms with Gasteiger partial charge in [0.2, 0.25) is 10.0 Å². The second-order valence-corrected chi connectivity index (χ2v) is 11.2. The summed E-state index contributed by atoms with van der Waals surface area (Å²) in [6.07, 6.45) is 3.49. The molecule has 0 spiro atoms. The van der Waals surface area contributed by atoms with Crippen molar-refractivity contribution in [2.24, 2.45) is 16.7 Å². The first kappa shape index (κ1) is 20.1. The van der Waals surface area contributed by atoms with Gasteiger partial charge in [-0.15, -0.1) is 0 Å². The highest BCUT2D eigenvalue weighted by Gasteiger charge is 2.59. The fourth-order valence-electron chi connectivity index (χ4n) is 5.16. The van der Waals surface area contributed by atoms with E-state index in [9.17, 15) is 13.2 Å². The molecule has 0 heterocycles. The van der Waals surface area contributed by atoms with E-state index in [1.54, 1.807) is 19.2 Å². The van der Waals surface area contributed by atoms with Crippen molar-refractivity contribution in [1.29, 1.82) is 0 Å².